The minimum atomic E-state index is -0.225. The molecule has 0 N–H and O–H groups in total. The maximum atomic E-state index is 6.67. The second-order valence-corrected chi connectivity index (χ2v) is 13.4. The lowest BCUT2D eigenvalue weighted by molar-refractivity contribution is 0.0351. The highest BCUT2D eigenvalue weighted by molar-refractivity contribution is 5.39. The van der Waals surface area contributed by atoms with Crippen LogP contribution in [0.15, 0.2) is 61.2 Å². The van der Waals surface area contributed by atoms with Crippen molar-refractivity contribution in [3.8, 4) is 23.3 Å². The van der Waals surface area contributed by atoms with E-state index in [0.29, 0.717) is 55.5 Å². The van der Waals surface area contributed by atoms with Crippen LogP contribution < -0.4 is 28.7 Å². The molecule has 1 unspecified atom stereocenters. The molecular formula is C36H44N10O4. The highest BCUT2D eigenvalue weighted by Crippen LogP contribution is 2.38. The fraction of sp³-hybridized carbons (Fsp3) is 0.500. The van der Waals surface area contributed by atoms with Crippen LogP contribution in [0.2, 0.25) is 0 Å². The summed E-state index contributed by atoms with van der Waals surface area (Å²) in [5.74, 6) is 3.98. The van der Waals surface area contributed by atoms with Crippen molar-refractivity contribution in [1.82, 2.24) is 39.7 Å². The van der Waals surface area contributed by atoms with E-state index in [1.54, 1.807) is 24.8 Å². The first-order valence-electron chi connectivity index (χ1n) is 17.6. The molecule has 8 heterocycles. The number of piperazine rings is 2. The summed E-state index contributed by atoms with van der Waals surface area (Å²) in [7, 11) is 0. The number of ether oxygens (including phenoxy) is 4. The largest absolute Gasteiger partial charge is 0.484 e. The van der Waals surface area contributed by atoms with Gasteiger partial charge in [-0.05, 0) is 57.2 Å². The molecule has 14 heteroatoms. The Labute approximate surface area is 292 Å². The van der Waals surface area contributed by atoms with Gasteiger partial charge in [-0.25, -0.2) is 29.9 Å². The lowest BCUT2D eigenvalue weighted by atomic mass is 9.99. The SMILES string of the molecule is C[C@@H]1CN(c2ncccn2)CCN1[C@H](CC1COc2ccc([C@H](C)N3CCN(c4ncccn4)C[C@H]3C)nc2O1)c1ccc2c(n1)OCCO2. The molecule has 2 fully saturated rings. The third-order valence-electron chi connectivity index (χ3n) is 10.2. The minimum absolute atomic E-state index is 0.0531. The molecule has 4 aliphatic heterocycles. The van der Waals surface area contributed by atoms with Gasteiger partial charge < -0.3 is 28.7 Å². The molecule has 262 valence electrons. The fourth-order valence-corrected chi connectivity index (χ4v) is 7.59. The molecule has 0 saturated carbocycles. The lowest BCUT2D eigenvalue weighted by Crippen LogP contribution is -2.54. The van der Waals surface area contributed by atoms with Gasteiger partial charge in [0.25, 0.3) is 11.8 Å². The van der Waals surface area contributed by atoms with Crippen LogP contribution in [0.5, 0.6) is 23.3 Å². The molecule has 0 bridgehead atoms. The van der Waals surface area contributed by atoms with E-state index in [4.69, 9.17) is 28.9 Å². The van der Waals surface area contributed by atoms with Gasteiger partial charge in [0.15, 0.2) is 11.5 Å². The van der Waals surface area contributed by atoms with Crippen LogP contribution >= 0.6 is 0 Å². The van der Waals surface area contributed by atoms with E-state index < -0.39 is 0 Å². The van der Waals surface area contributed by atoms with Crippen LogP contribution in [-0.2, 0) is 0 Å². The predicted octanol–water partition coefficient (Wildman–Crippen LogP) is 3.58. The zero-order valence-electron chi connectivity index (χ0n) is 28.8. The van der Waals surface area contributed by atoms with Crippen molar-refractivity contribution in [2.45, 2.75) is 57.5 Å². The lowest BCUT2D eigenvalue weighted by Gasteiger charge is -2.44. The molecule has 0 amide bonds. The van der Waals surface area contributed by atoms with E-state index in [1.807, 2.05) is 24.3 Å². The number of rotatable bonds is 8. The monoisotopic (exact) mass is 680 g/mol. The van der Waals surface area contributed by atoms with Crippen LogP contribution in [0.4, 0.5) is 11.9 Å². The van der Waals surface area contributed by atoms with E-state index in [9.17, 15) is 0 Å². The topological polar surface area (TPSA) is 127 Å². The van der Waals surface area contributed by atoms with Crippen LogP contribution in [0.3, 0.4) is 0 Å². The number of fused-ring (bicyclic) bond motifs is 2. The third-order valence-corrected chi connectivity index (χ3v) is 10.2. The maximum Gasteiger partial charge on any atom is 0.257 e. The Morgan fingerprint density at radius 1 is 0.680 bits per heavy atom. The molecule has 4 aromatic rings. The van der Waals surface area contributed by atoms with E-state index in [2.05, 4.69) is 72.4 Å². The van der Waals surface area contributed by atoms with E-state index in [-0.39, 0.29) is 24.2 Å². The summed E-state index contributed by atoms with van der Waals surface area (Å²) in [5.41, 5.74) is 1.88. The Morgan fingerprint density at radius 3 is 1.92 bits per heavy atom. The van der Waals surface area contributed by atoms with Crippen LogP contribution in [0.25, 0.3) is 0 Å². The number of aromatic nitrogens is 6. The number of anilines is 2. The Hall–Kier alpha value is -4.82. The predicted molar refractivity (Wildman–Crippen MR) is 186 cm³/mol. The first kappa shape index (κ1) is 32.4. The Kier molecular flexibility index (Phi) is 9.19. The average Bonchev–Trinajstić information content (AvgIpc) is 3.17. The fourth-order valence-electron chi connectivity index (χ4n) is 7.59. The molecule has 0 aliphatic carbocycles. The first-order valence-corrected chi connectivity index (χ1v) is 17.6. The van der Waals surface area contributed by atoms with Gasteiger partial charge in [-0.1, -0.05) is 0 Å². The van der Waals surface area contributed by atoms with Gasteiger partial charge in [-0.15, -0.1) is 0 Å². The molecule has 50 heavy (non-hydrogen) atoms. The first-order chi connectivity index (χ1) is 24.5. The molecule has 4 aromatic heterocycles. The molecule has 14 nitrogen and oxygen atoms in total. The van der Waals surface area contributed by atoms with Crippen LogP contribution in [0, 0.1) is 0 Å². The zero-order valence-corrected chi connectivity index (χ0v) is 28.8. The van der Waals surface area contributed by atoms with E-state index in [0.717, 1.165) is 62.6 Å². The van der Waals surface area contributed by atoms with Gasteiger partial charge in [-0.2, -0.15) is 0 Å². The van der Waals surface area contributed by atoms with Gasteiger partial charge in [0.1, 0.15) is 25.9 Å². The van der Waals surface area contributed by atoms with E-state index in [1.165, 1.54) is 0 Å². The summed E-state index contributed by atoms with van der Waals surface area (Å²) in [6, 6.07) is 12.3. The maximum absolute atomic E-state index is 6.67. The van der Waals surface area contributed by atoms with Crippen molar-refractivity contribution in [1.29, 1.82) is 0 Å². The van der Waals surface area contributed by atoms with Gasteiger partial charge in [0.2, 0.25) is 11.9 Å². The third kappa shape index (κ3) is 6.69. The zero-order chi connectivity index (χ0) is 34.0. The summed E-state index contributed by atoms with van der Waals surface area (Å²) in [4.78, 5) is 37.4. The minimum Gasteiger partial charge on any atom is -0.484 e. The number of hydrogen-bond acceptors (Lipinski definition) is 14. The van der Waals surface area contributed by atoms with Gasteiger partial charge in [-0.3, -0.25) is 9.80 Å². The van der Waals surface area contributed by atoms with Crippen molar-refractivity contribution >= 4 is 11.9 Å². The summed E-state index contributed by atoms with van der Waals surface area (Å²) < 4.78 is 24.7. The average molecular weight is 681 g/mol. The number of hydrogen-bond donors (Lipinski definition) is 0. The van der Waals surface area contributed by atoms with Crippen molar-refractivity contribution in [2.75, 3.05) is 68.9 Å². The van der Waals surface area contributed by atoms with Crippen molar-refractivity contribution in [3.63, 3.8) is 0 Å². The second-order valence-electron chi connectivity index (χ2n) is 13.4. The van der Waals surface area contributed by atoms with Gasteiger partial charge in [0.05, 0.1) is 17.4 Å². The molecular weight excluding hydrogens is 636 g/mol. The smallest absolute Gasteiger partial charge is 0.257 e. The van der Waals surface area contributed by atoms with E-state index >= 15 is 0 Å². The molecule has 4 aliphatic rings. The normalized spacial score (nSPS) is 23.7. The summed E-state index contributed by atoms with van der Waals surface area (Å²) in [6.45, 7) is 13.1. The second kappa shape index (κ2) is 14.2. The standard InChI is InChI=1S/C36H44N10O4/c1-24-21-43(35-37-10-4-11-38-35)14-16-45(24)26(3)28-6-8-32-34(41-28)50-27(23-49-32)20-30(29-7-9-31-33(42-29)48-19-18-47-31)46-17-15-44(22-25(46)2)36-39-12-5-13-40-36/h4-13,24-27,30H,14-23H2,1-3H3/t24-,25-,26+,27?,30-/m1/s1. The number of nitrogens with zero attached hydrogens (tertiary/aromatic N) is 10. The molecule has 5 atom stereocenters. The van der Waals surface area contributed by atoms with Crippen molar-refractivity contribution in [3.05, 3.63) is 72.6 Å². The molecule has 2 saturated heterocycles. The van der Waals surface area contributed by atoms with Gasteiger partial charge >= 0.3 is 0 Å². The van der Waals surface area contributed by atoms with Crippen molar-refractivity contribution in [2.24, 2.45) is 0 Å². The number of pyridine rings is 2. The van der Waals surface area contributed by atoms with Crippen LogP contribution in [-0.4, -0.2) is 117 Å². The quantitative estimate of drug-likeness (QED) is 0.269. The molecule has 0 spiro atoms. The van der Waals surface area contributed by atoms with Crippen molar-refractivity contribution < 1.29 is 18.9 Å². The Balaban J connectivity index is 0.989. The summed E-state index contributed by atoms with van der Waals surface area (Å²) in [6.07, 6.45) is 7.62. The molecule has 0 radical (unpaired) electrons. The highest BCUT2D eigenvalue weighted by atomic mass is 16.6. The van der Waals surface area contributed by atoms with Gasteiger partial charge in [0, 0.05) is 88.6 Å². The summed E-state index contributed by atoms with van der Waals surface area (Å²) >= 11 is 0. The Bertz CT molecular complexity index is 1750. The summed E-state index contributed by atoms with van der Waals surface area (Å²) in [5, 5.41) is 0. The molecule has 8 rings (SSSR count). The van der Waals surface area contributed by atoms with Crippen LogP contribution in [0.1, 0.15) is 50.7 Å². The Morgan fingerprint density at radius 2 is 1.26 bits per heavy atom. The molecule has 0 aromatic carbocycles. The highest BCUT2D eigenvalue weighted by Gasteiger charge is 2.37.